The number of hydrogen-bond donors (Lipinski definition) is 2. The molecular formula is C25H36N2O6. The summed E-state index contributed by atoms with van der Waals surface area (Å²) >= 11 is 0. The summed E-state index contributed by atoms with van der Waals surface area (Å²) in [6, 6.07) is 5.64. The molecule has 8 heteroatoms. The molecule has 1 aromatic carbocycles. The number of aliphatic hydroxyl groups is 2. The van der Waals surface area contributed by atoms with E-state index in [-0.39, 0.29) is 18.1 Å². The lowest BCUT2D eigenvalue weighted by Gasteiger charge is -2.36. The summed E-state index contributed by atoms with van der Waals surface area (Å²) in [5.41, 5.74) is 0.635. The molecule has 2 saturated heterocycles. The fourth-order valence-electron chi connectivity index (χ4n) is 5.33. The van der Waals surface area contributed by atoms with E-state index in [1.807, 2.05) is 18.2 Å². The Morgan fingerprint density at radius 2 is 1.88 bits per heavy atom. The van der Waals surface area contributed by atoms with Crippen molar-refractivity contribution >= 4 is 11.0 Å². The van der Waals surface area contributed by atoms with Crippen molar-refractivity contribution in [3.63, 3.8) is 0 Å². The molecule has 4 unspecified atom stereocenters. The average Bonchev–Trinajstić information content (AvgIpc) is 3.26. The highest BCUT2D eigenvalue weighted by Crippen LogP contribution is 2.36. The van der Waals surface area contributed by atoms with E-state index >= 15 is 0 Å². The van der Waals surface area contributed by atoms with Gasteiger partial charge >= 0.3 is 0 Å². The molecule has 2 aromatic rings. The Balaban J connectivity index is 1.16. The third-order valence-electron chi connectivity index (χ3n) is 7.46. The number of fused-ring (bicyclic) bond motifs is 1. The number of benzene rings is 1. The Labute approximate surface area is 194 Å². The summed E-state index contributed by atoms with van der Waals surface area (Å²) < 4.78 is 23.4. The van der Waals surface area contributed by atoms with Gasteiger partial charge in [0.25, 0.3) is 5.88 Å². The minimum atomic E-state index is -0.440. The zero-order valence-corrected chi connectivity index (χ0v) is 19.2. The van der Waals surface area contributed by atoms with Crippen molar-refractivity contribution in [3.8, 4) is 11.6 Å². The molecule has 1 aliphatic carbocycles. The summed E-state index contributed by atoms with van der Waals surface area (Å²) in [7, 11) is 0. The van der Waals surface area contributed by atoms with Crippen molar-refractivity contribution in [1.29, 1.82) is 0 Å². The summed E-state index contributed by atoms with van der Waals surface area (Å²) in [4.78, 5) is 2.44. The molecule has 1 aromatic heterocycles. The van der Waals surface area contributed by atoms with Crippen molar-refractivity contribution in [2.24, 2.45) is 11.8 Å². The topological polar surface area (TPSA) is 97.4 Å². The van der Waals surface area contributed by atoms with Gasteiger partial charge in [0.1, 0.15) is 17.2 Å². The molecule has 182 valence electrons. The number of ether oxygens (including phenoxy) is 3. The van der Waals surface area contributed by atoms with Crippen LogP contribution in [-0.4, -0.2) is 78.0 Å². The number of aliphatic hydroxyl groups excluding tert-OH is 2. The number of piperidine rings is 1. The number of likely N-dealkylation sites (tertiary alicyclic amines) is 1. The van der Waals surface area contributed by atoms with Crippen LogP contribution in [0.25, 0.3) is 11.0 Å². The van der Waals surface area contributed by atoms with E-state index in [0.717, 1.165) is 70.0 Å². The van der Waals surface area contributed by atoms with E-state index in [0.29, 0.717) is 43.0 Å². The Morgan fingerprint density at radius 1 is 1.03 bits per heavy atom. The molecule has 4 atom stereocenters. The van der Waals surface area contributed by atoms with Gasteiger partial charge in [0.15, 0.2) is 5.58 Å². The van der Waals surface area contributed by atoms with Crippen LogP contribution >= 0.6 is 0 Å². The van der Waals surface area contributed by atoms with E-state index < -0.39 is 6.10 Å². The van der Waals surface area contributed by atoms with E-state index in [1.165, 1.54) is 0 Å². The van der Waals surface area contributed by atoms with Crippen LogP contribution in [0.15, 0.2) is 22.7 Å². The normalized spacial score (nSPS) is 29.9. The smallest absolute Gasteiger partial charge is 0.265 e. The first-order chi connectivity index (χ1) is 16.2. The van der Waals surface area contributed by atoms with E-state index in [1.54, 1.807) is 0 Å². The summed E-state index contributed by atoms with van der Waals surface area (Å²) in [6.07, 6.45) is 5.69. The molecule has 8 nitrogen and oxygen atoms in total. The maximum absolute atomic E-state index is 10.3. The highest BCUT2D eigenvalue weighted by atomic mass is 16.5. The van der Waals surface area contributed by atoms with Gasteiger partial charge in [-0.1, -0.05) is 12.5 Å². The molecule has 2 aliphatic heterocycles. The Bertz CT molecular complexity index is 896. The molecule has 5 rings (SSSR count). The summed E-state index contributed by atoms with van der Waals surface area (Å²) in [6.45, 7) is 4.82. The Kier molecular flexibility index (Phi) is 7.35. The molecule has 33 heavy (non-hydrogen) atoms. The molecule has 1 saturated carbocycles. The highest BCUT2D eigenvalue weighted by Gasteiger charge is 2.29. The van der Waals surface area contributed by atoms with E-state index in [9.17, 15) is 10.2 Å². The molecule has 0 amide bonds. The highest BCUT2D eigenvalue weighted by molar-refractivity contribution is 5.88. The third-order valence-corrected chi connectivity index (χ3v) is 7.46. The van der Waals surface area contributed by atoms with Crippen molar-refractivity contribution in [2.75, 3.05) is 39.5 Å². The number of aromatic nitrogens is 1. The quantitative estimate of drug-likeness (QED) is 0.651. The van der Waals surface area contributed by atoms with Gasteiger partial charge in [-0.05, 0) is 74.8 Å². The lowest BCUT2D eigenvalue weighted by Crippen LogP contribution is -2.44. The Morgan fingerprint density at radius 3 is 2.70 bits per heavy atom. The van der Waals surface area contributed by atoms with Crippen molar-refractivity contribution in [3.05, 3.63) is 18.2 Å². The summed E-state index contributed by atoms with van der Waals surface area (Å²) in [5.74, 6) is 1.80. The second-order valence-corrected chi connectivity index (χ2v) is 9.87. The maximum atomic E-state index is 10.3. The van der Waals surface area contributed by atoms with Crippen LogP contribution in [0.4, 0.5) is 0 Å². The molecular weight excluding hydrogens is 424 g/mol. The van der Waals surface area contributed by atoms with Crippen LogP contribution in [-0.2, 0) is 4.74 Å². The SMILES string of the molecule is OC1CCOCC1CN1CCC(COc2noc3cccc(OC4CCCCC4O)c23)CC1. The minimum Gasteiger partial charge on any atom is -0.487 e. The van der Waals surface area contributed by atoms with Gasteiger partial charge in [0, 0.05) is 19.1 Å². The lowest BCUT2D eigenvalue weighted by molar-refractivity contribution is -0.0496. The first-order valence-electron chi connectivity index (χ1n) is 12.5. The molecule has 3 aliphatic rings. The third kappa shape index (κ3) is 5.45. The maximum Gasteiger partial charge on any atom is 0.265 e. The largest absolute Gasteiger partial charge is 0.487 e. The van der Waals surface area contributed by atoms with Crippen LogP contribution in [0.5, 0.6) is 11.6 Å². The Hall–Kier alpha value is -1.87. The number of rotatable bonds is 7. The van der Waals surface area contributed by atoms with Crippen LogP contribution in [0.1, 0.15) is 44.9 Å². The second-order valence-electron chi connectivity index (χ2n) is 9.87. The van der Waals surface area contributed by atoms with Gasteiger partial charge in [0.2, 0.25) is 0 Å². The molecule has 0 spiro atoms. The zero-order chi connectivity index (χ0) is 22.6. The van der Waals surface area contributed by atoms with Gasteiger partial charge < -0.3 is 33.8 Å². The standard InChI is InChI=1S/C25H36N2O6/c28-19-10-13-30-16-18(19)14-27-11-8-17(9-12-27)15-31-25-24-22(6-3-7-23(24)33-26-25)32-21-5-2-1-4-20(21)29/h3,6-7,17-21,28-29H,1-2,4-5,8-16H2. The predicted molar refractivity (Wildman–Crippen MR) is 122 cm³/mol. The number of hydrogen-bond acceptors (Lipinski definition) is 8. The van der Waals surface area contributed by atoms with Gasteiger partial charge in [-0.15, -0.1) is 0 Å². The van der Waals surface area contributed by atoms with Crippen molar-refractivity contribution < 1.29 is 28.9 Å². The first kappa shape index (κ1) is 22.9. The first-order valence-corrected chi connectivity index (χ1v) is 12.5. The molecule has 2 N–H and O–H groups in total. The average molecular weight is 461 g/mol. The fourth-order valence-corrected chi connectivity index (χ4v) is 5.33. The van der Waals surface area contributed by atoms with Crippen LogP contribution < -0.4 is 9.47 Å². The monoisotopic (exact) mass is 460 g/mol. The van der Waals surface area contributed by atoms with Crippen molar-refractivity contribution in [1.82, 2.24) is 10.1 Å². The fraction of sp³-hybridized carbons (Fsp3) is 0.720. The molecule has 0 radical (unpaired) electrons. The predicted octanol–water partition coefficient (Wildman–Crippen LogP) is 3.00. The van der Waals surface area contributed by atoms with E-state index in [4.69, 9.17) is 18.7 Å². The van der Waals surface area contributed by atoms with Crippen LogP contribution in [0.3, 0.4) is 0 Å². The second kappa shape index (κ2) is 10.6. The minimum absolute atomic E-state index is 0.204. The van der Waals surface area contributed by atoms with Crippen molar-refractivity contribution in [2.45, 2.75) is 63.3 Å². The van der Waals surface area contributed by atoms with Gasteiger partial charge in [-0.25, -0.2) is 0 Å². The van der Waals surface area contributed by atoms with Gasteiger partial charge in [0.05, 0.1) is 25.4 Å². The van der Waals surface area contributed by atoms with Crippen LogP contribution in [0.2, 0.25) is 0 Å². The van der Waals surface area contributed by atoms with Gasteiger partial charge in [-0.2, -0.15) is 0 Å². The molecule has 3 fully saturated rings. The number of nitrogens with zero attached hydrogens (tertiary/aromatic N) is 2. The molecule has 0 bridgehead atoms. The van der Waals surface area contributed by atoms with E-state index in [2.05, 4.69) is 10.1 Å². The summed E-state index contributed by atoms with van der Waals surface area (Å²) in [5, 5.41) is 25.4. The van der Waals surface area contributed by atoms with Crippen LogP contribution in [0, 0.1) is 11.8 Å². The lowest BCUT2D eigenvalue weighted by atomic mass is 9.94. The van der Waals surface area contributed by atoms with Gasteiger partial charge in [-0.3, -0.25) is 0 Å². The zero-order valence-electron chi connectivity index (χ0n) is 19.2. The molecule has 3 heterocycles.